The molecular formula is C10H7N3. The van der Waals surface area contributed by atoms with E-state index in [1.807, 2.05) is 6.07 Å². The number of nitrogens with two attached hydrogens (primary N) is 1. The largest absolute Gasteiger partial charge is 0.399 e. The van der Waals surface area contributed by atoms with Crippen molar-refractivity contribution in [1.82, 2.24) is 4.98 Å². The number of fused-ring (bicyclic) bond motifs is 1. The number of rotatable bonds is 0. The standard InChI is InChI=1S/C10H7N3/c11-6-7-3-4-13-10-2-1-8(12)5-9(7)10/h1-5H,12H2. The van der Waals surface area contributed by atoms with Gasteiger partial charge in [0.15, 0.2) is 0 Å². The molecule has 0 aliphatic rings. The van der Waals surface area contributed by atoms with Crippen LogP contribution in [0.2, 0.25) is 0 Å². The first-order chi connectivity index (χ1) is 6.31. The van der Waals surface area contributed by atoms with Crippen molar-refractivity contribution < 1.29 is 0 Å². The van der Waals surface area contributed by atoms with Gasteiger partial charge < -0.3 is 5.73 Å². The second-order valence-electron chi connectivity index (χ2n) is 2.75. The lowest BCUT2D eigenvalue weighted by Gasteiger charge is -1.99. The van der Waals surface area contributed by atoms with Crippen LogP contribution >= 0.6 is 0 Å². The predicted octanol–water partition coefficient (Wildman–Crippen LogP) is 1.69. The Kier molecular flexibility index (Phi) is 1.60. The monoisotopic (exact) mass is 169 g/mol. The van der Waals surface area contributed by atoms with Gasteiger partial charge in [0.1, 0.15) is 0 Å². The molecule has 1 heterocycles. The zero-order valence-corrected chi connectivity index (χ0v) is 6.86. The van der Waals surface area contributed by atoms with Crippen molar-refractivity contribution in [3.05, 3.63) is 36.0 Å². The van der Waals surface area contributed by atoms with E-state index in [2.05, 4.69) is 11.1 Å². The summed E-state index contributed by atoms with van der Waals surface area (Å²) in [6, 6.07) is 9.13. The van der Waals surface area contributed by atoms with Crippen LogP contribution in [-0.2, 0) is 0 Å². The molecule has 13 heavy (non-hydrogen) atoms. The van der Waals surface area contributed by atoms with Gasteiger partial charge in [-0.25, -0.2) is 0 Å². The SMILES string of the molecule is N#Cc1ccnc2ccc(N)cc12. The first kappa shape index (κ1) is 7.56. The van der Waals surface area contributed by atoms with Gasteiger partial charge in [0, 0.05) is 17.3 Å². The molecule has 0 unspecified atom stereocenters. The molecule has 2 aromatic rings. The van der Waals surface area contributed by atoms with Crippen LogP contribution in [0.25, 0.3) is 10.9 Å². The summed E-state index contributed by atoms with van der Waals surface area (Å²) in [6.45, 7) is 0. The van der Waals surface area contributed by atoms with Crippen LogP contribution in [-0.4, -0.2) is 4.98 Å². The number of benzene rings is 1. The molecule has 1 aromatic carbocycles. The summed E-state index contributed by atoms with van der Waals surface area (Å²) in [5.41, 5.74) is 7.67. The molecule has 0 saturated heterocycles. The molecule has 0 saturated carbocycles. The summed E-state index contributed by atoms with van der Waals surface area (Å²) >= 11 is 0. The molecule has 2 rings (SSSR count). The van der Waals surface area contributed by atoms with Crippen molar-refractivity contribution in [3.63, 3.8) is 0 Å². The predicted molar refractivity (Wildman–Crippen MR) is 50.9 cm³/mol. The number of nitrogens with zero attached hydrogens (tertiary/aromatic N) is 2. The minimum atomic E-state index is 0.609. The smallest absolute Gasteiger partial charge is 0.0999 e. The van der Waals surface area contributed by atoms with Crippen LogP contribution in [0.5, 0.6) is 0 Å². The summed E-state index contributed by atoms with van der Waals surface area (Å²) < 4.78 is 0. The van der Waals surface area contributed by atoms with Crippen molar-refractivity contribution in [1.29, 1.82) is 5.26 Å². The Morgan fingerprint density at radius 2 is 2.15 bits per heavy atom. The zero-order valence-electron chi connectivity index (χ0n) is 6.86. The highest BCUT2D eigenvalue weighted by Gasteiger charge is 2.00. The van der Waals surface area contributed by atoms with Crippen molar-refractivity contribution in [2.24, 2.45) is 0 Å². The summed E-state index contributed by atoms with van der Waals surface area (Å²) in [5.74, 6) is 0. The molecule has 0 bridgehead atoms. The molecule has 0 atom stereocenters. The summed E-state index contributed by atoms with van der Waals surface area (Å²) in [4.78, 5) is 4.12. The first-order valence-corrected chi connectivity index (χ1v) is 3.85. The van der Waals surface area contributed by atoms with Crippen LogP contribution in [0, 0.1) is 11.3 Å². The molecule has 0 fully saturated rings. The van der Waals surface area contributed by atoms with Crippen molar-refractivity contribution in [3.8, 4) is 6.07 Å². The molecule has 0 aliphatic carbocycles. The molecule has 0 aliphatic heterocycles. The number of anilines is 1. The average Bonchev–Trinajstić information content (AvgIpc) is 2.17. The summed E-state index contributed by atoms with van der Waals surface area (Å²) in [7, 11) is 0. The van der Waals surface area contributed by atoms with Gasteiger partial charge >= 0.3 is 0 Å². The van der Waals surface area contributed by atoms with E-state index < -0.39 is 0 Å². The maximum atomic E-state index is 8.81. The highest BCUT2D eigenvalue weighted by atomic mass is 14.7. The van der Waals surface area contributed by atoms with E-state index in [1.54, 1.807) is 24.4 Å². The number of nitrogen functional groups attached to an aromatic ring is 1. The Bertz CT molecular complexity index is 497. The lowest BCUT2D eigenvalue weighted by Crippen LogP contribution is -1.87. The van der Waals surface area contributed by atoms with Crippen molar-refractivity contribution in [2.45, 2.75) is 0 Å². The van der Waals surface area contributed by atoms with Gasteiger partial charge in [-0.1, -0.05) is 0 Å². The normalized spacial score (nSPS) is 9.77. The maximum Gasteiger partial charge on any atom is 0.0999 e. The fourth-order valence-electron chi connectivity index (χ4n) is 1.26. The molecular weight excluding hydrogens is 162 g/mol. The first-order valence-electron chi connectivity index (χ1n) is 3.85. The topological polar surface area (TPSA) is 62.7 Å². The molecule has 0 radical (unpaired) electrons. The average molecular weight is 169 g/mol. The van der Waals surface area contributed by atoms with Crippen LogP contribution in [0.3, 0.4) is 0 Å². The van der Waals surface area contributed by atoms with E-state index >= 15 is 0 Å². The number of pyridine rings is 1. The highest BCUT2D eigenvalue weighted by Crippen LogP contribution is 2.18. The van der Waals surface area contributed by atoms with E-state index in [9.17, 15) is 0 Å². The molecule has 3 heteroatoms. The molecule has 2 N–H and O–H groups in total. The van der Waals surface area contributed by atoms with Gasteiger partial charge in [0.25, 0.3) is 0 Å². The molecule has 3 nitrogen and oxygen atoms in total. The minimum absolute atomic E-state index is 0.609. The van der Waals surface area contributed by atoms with Crippen LogP contribution in [0.4, 0.5) is 5.69 Å². The Hall–Kier alpha value is -2.08. The van der Waals surface area contributed by atoms with Gasteiger partial charge in [-0.2, -0.15) is 5.26 Å². The van der Waals surface area contributed by atoms with Gasteiger partial charge in [-0.15, -0.1) is 0 Å². The van der Waals surface area contributed by atoms with Gasteiger partial charge in [0.2, 0.25) is 0 Å². The van der Waals surface area contributed by atoms with E-state index in [0.717, 1.165) is 10.9 Å². The number of nitriles is 1. The third kappa shape index (κ3) is 1.18. The lowest BCUT2D eigenvalue weighted by molar-refractivity contribution is 1.39. The number of hydrogen-bond donors (Lipinski definition) is 1. The zero-order chi connectivity index (χ0) is 9.26. The van der Waals surface area contributed by atoms with E-state index in [4.69, 9.17) is 11.0 Å². The van der Waals surface area contributed by atoms with Crippen molar-refractivity contribution in [2.75, 3.05) is 5.73 Å². The van der Waals surface area contributed by atoms with Crippen LogP contribution in [0.15, 0.2) is 30.5 Å². The third-order valence-corrected chi connectivity index (χ3v) is 1.89. The Morgan fingerprint density at radius 1 is 1.31 bits per heavy atom. The van der Waals surface area contributed by atoms with Crippen LogP contribution < -0.4 is 5.73 Å². The summed E-state index contributed by atoms with van der Waals surface area (Å²) in [6.07, 6.45) is 1.62. The maximum absolute atomic E-state index is 8.81. The lowest BCUT2D eigenvalue weighted by atomic mass is 10.1. The minimum Gasteiger partial charge on any atom is -0.399 e. The van der Waals surface area contributed by atoms with E-state index in [0.29, 0.717) is 11.3 Å². The Morgan fingerprint density at radius 3 is 2.92 bits per heavy atom. The Balaban J connectivity index is 2.89. The Labute approximate surface area is 75.4 Å². The highest BCUT2D eigenvalue weighted by molar-refractivity contribution is 5.86. The quantitative estimate of drug-likeness (QED) is 0.610. The van der Waals surface area contributed by atoms with E-state index in [1.165, 1.54) is 0 Å². The summed E-state index contributed by atoms with van der Waals surface area (Å²) in [5, 5.41) is 9.62. The van der Waals surface area contributed by atoms with Gasteiger partial charge in [-0.3, -0.25) is 4.98 Å². The van der Waals surface area contributed by atoms with Gasteiger partial charge in [-0.05, 0) is 24.3 Å². The second-order valence-corrected chi connectivity index (χ2v) is 2.75. The number of hydrogen-bond acceptors (Lipinski definition) is 3. The molecule has 62 valence electrons. The van der Waals surface area contributed by atoms with Crippen LogP contribution in [0.1, 0.15) is 5.56 Å². The van der Waals surface area contributed by atoms with Gasteiger partial charge in [0.05, 0.1) is 17.1 Å². The fraction of sp³-hybridized carbons (Fsp3) is 0. The van der Waals surface area contributed by atoms with E-state index in [-0.39, 0.29) is 0 Å². The second kappa shape index (κ2) is 2.76. The molecule has 1 aromatic heterocycles. The van der Waals surface area contributed by atoms with Crippen molar-refractivity contribution >= 4 is 16.6 Å². The third-order valence-electron chi connectivity index (χ3n) is 1.89. The number of aromatic nitrogens is 1. The fourth-order valence-corrected chi connectivity index (χ4v) is 1.26. The molecule has 0 amide bonds. The molecule has 0 spiro atoms.